The summed E-state index contributed by atoms with van der Waals surface area (Å²) in [5, 5.41) is 18.5. The zero-order valence-corrected chi connectivity index (χ0v) is 40.7. The van der Waals surface area contributed by atoms with Crippen LogP contribution < -0.4 is 14.4 Å². The number of para-hydroxylation sites is 2. The van der Waals surface area contributed by atoms with E-state index in [0.717, 1.165) is 59.4 Å². The number of aliphatic carboxylic acids is 1. The van der Waals surface area contributed by atoms with Crippen molar-refractivity contribution in [1.29, 1.82) is 5.26 Å². The molecule has 5 aromatic rings. The lowest BCUT2D eigenvalue weighted by atomic mass is 10.1. The van der Waals surface area contributed by atoms with E-state index in [0.29, 0.717) is 35.8 Å². The SMILES string of the molecule is CCCCCCCCCCCCOc1cc(C#Cc2ccc(N(c3ccccc3)c3ccccc3)cc2)c(OCCCCCCCCCCCC)cc1C#Cc1ccc(/C=C(/C#N)C(=O)O)cc1. The maximum atomic E-state index is 11.4. The monoisotopic (exact) mass is 909 g/mol. The van der Waals surface area contributed by atoms with E-state index in [1.807, 2.05) is 36.4 Å². The van der Waals surface area contributed by atoms with Crippen molar-refractivity contribution in [2.75, 3.05) is 18.1 Å². The van der Waals surface area contributed by atoms with Gasteiger partial charge in [-0.25, -0.2) is 4.79 Å². The number of nitriles is 1. The van der Waals surface area contributed by atoms with Crippen LogP contribution in [0.25, 0.3) is 6.08 Å². The van der Waals surface area contributed by atoms with Gasteiger partial charge in [-0.05, 0) is 85.1 Å². The van der Waals surface area contributed by atoms with Gasteiger partial charge in [0.2, 0.25) is 0 Å². The normalized spacial score (nSPS) is 10.9. The van der Waals surface area contributed by atoms with Gasteiger partial charge in [0.05, 0.1) is 24.3 Å². The summed E-state index contributed by atoms with van der Waals surface area (Å²) in [6, 6.07) is 42.0. The van der Waals surface area contributed by atoms with E-state index in [4.69, 9.17) is 9.47 Å². The highest BCUT2D eigenvalue weighted by molar-refractivity contribution is 5.96. The van der Waals surface area contributed by atoms with Crippen molar-refractivity contribution in [2.45, 2.75) is 142 Å². The fraction of sp³-hybridized carbons (Fsp3) is 0.387. The Hall–Kier alpha value is -6.68. The van der Waals surface area contributed by atoms with Crippen molar-refractivity contribution in [3.05, 3.63) is 155 Å². The van der Waals surface area contributed by atoms with Gasteiger partial charge in [0.15, 0.2) is 0 Å². The number of anilines is 3. The minimum Gasteiger partial charge on any atom is -0.492 e. The number of benzene rings is 5. The van der Waals surface area contributed by atoms with E-state index in [-0.39, 0.29) is 5.57 Å². The van der Waals surface area contributed by atoms with Crippen LogP contribution in [0.2, 0.25) is 0 Å². The fourth-order valence-electron chi connectivity index (χ4n) is 8.08. The summed E-state index contributed by atoms with van der Waals surface area (Å²) >= 11 is 0. The zero-order valence-electron chi connectivity index (χ0n) is 40.7. The molecule has 1 N–H and O–H groups in total. The van der Waals surface area contributed by atoms with E-state index in [1.54, 1.807) is 18.2 Å². The lowest BCUT2D eigenvalue weighted by Gasteiger charge is -2.25. The first kappa shape index (κ1) is 52.3. The molecule has 5 rings (SSSR count). The molecular formula is C62H72N2O4. The van der Waals surface area contributed by atoms with Crippen molar-refractivity contribution in [1.82, 2.24) is 0 Å². The van der Waals surface area contributed by atoms with E-state index < -0.39 is 5.97 Å². The fourth-order valence-corrected chi connectivity index (χ4v) is 8.08. The quantitative estimate of drug-likeness (QED) is 0.0223. The van der Waals surface area contributed by atoms with Gasteiger partial charge in [-0.1, -0.05) is 202 Å². The number of carboxylic acids is 1. The number of carboxylic acid groups (broad SMARTS) is 1. The molecule has 0 unspecified atom stereocenters. The molecule has 0 aliphatic heterocycles. The predicted octanol–water partition coefficient (Wildman–Crippen LogP) is 16.5. The summed E-state index contributed by atoms with van der Waals surface area (Å²) in [5.41, 5.74) is 6.58. The van der Waals surface area contributed by atoms with Crippen LogP contribution in [0.15, 0.2) is 127 Å². The van der Waals surface area contributed by atoms with E-state index in [2.05, 4.69) is 115 Å². The highest BCUT2D eigenvalue weighted by Crippen LogP contribution is 2.34. The Morgan fingerprint density at radius 2 is 0.868 bits per heavy atom. The summed E-state index contributed by atoms with van der Waals surface area (Å²) < 4.78 is 13.1. The Kier molecular flexibility index (Phi) is 24.1. The minimum absolute atomic E-state index is 0.323. The number of ether oxygens (including phenoxy) is 2. The molecule has 0 fully saturated rings. The molecular weight excluding hydrogens is 837 g/mol. The zero-order chi connectivity index (χ0) is 47.9. The van der Waals surface area contributed by atoms with Gasteiger partial charge < -0.3 is 19.5 Å². The lowest BCUT2D eigenvalue weighted by Crippen LogP contribution is -2.09. The number of unbranched alkanes of at least 4 members (excludes halogenated alkanes) is 18. The second-order valence-electron chi connectivity index (χ2n) is 17.6. The second-order valence-corrected chi connectivity index (χ2v) is 17.6. The Morgan fingerprint density at radius 1 is 0.500 bits per heavy atom. The number of rotatable bonds is 29. The molecule has 68 heavy (non-hydrogen) atoms. The molecule has 5 aromatic carbocycles. The standard InChI is InChI=1S/C62H72N2O4/c1-3-5-7-9-11-13-15-17-19-27-45-67-60-49-55(42-38-52-39-43-59(44-40-52)64(57-29-23-21-24-30-57)58-31-25-22-26-32-58)61(68-46-28-20-18-16-14-12-10-8-6-4-2)48-54(60)41-37-51-33-35-53(36-34-51)47-56(50-63)62(65)66/h21-26,29-36,39-40,43-44,47-49H,3-20,27-28,45-46H2,1-2H3,(H,65,66)/b56-47-. The third-order valence-electron chi connectivity index (χ3n) is 12.0. The highest BCUT2D eigenvalue weighted by atomic mass is 16.5. The molecule has 354 valence electrons. The summed E-state index contributed by atoms with van der Waals surface area (Å²) in [6.45, 7) is 5.68. The molecule has 0 aromatic heterocycles. The van der Waals surface area contributed by atoms with Crippen LogP contribution in [-0.2, 0) is 4.79 Å². The van der Waals surface area contributed by atoms with E-state index >= 15 is 0 Å². The molecule has 0 radical (unpaired) electrons. The summed E-state index contributed by atoms with van der Waals surface area (Å²) in [7, 11) is 0. The Bertz CT molecular complexity index is 2390. The van der Waals surface area contributed by atoms with Crippen LogP contribution in [0.4, 0.5) is 17.1 Å². The summed E-state index contributed by atoms with van der Waals surface area (Å²) in [6.07, 6.45) is 26.3. The molecule has 0 amide bonds. The van der Waals surface area contributed by atoms with Gasteiger partial charge in [-0.15, -0.1) is 0 Å². The van der Waals surface area contributed by atoms with Crippen molar-refractivity contribution >= 4 is 29.1 Å². The third-order valence-corrected chi connectivity index (χ3v) is 12.0. The number of hydrogen-bond donors (Lipinski definition) is 1. The lowest BCUT2D eigenvalue weighted by molar-refractivity contribution is -0.132. The average Bonchev–Trinajstić information content (AvgIpc) is 3.37. The number of hydrogen-bond acceptors (Lipinski definition) is 5. The first-order valence-corrected chi connectivity index (χ1v) is 25.4. The smallest absolute Gasteiger partial charge is 0.346 e. The summed E-state index contributed by atoms with van der Waals surface area (Å²) in [5.74, 6) is 13.6. The van der Waals surface area contributed by atoms with Crippen molar-refractivity contribution in [2.24, 2.45) is 0 Å². The molecule has 0 atom stereocenters. The molecule has 6 heteroatoms. The molecule has 0 aliphatic rings. The van der Waals surface area contributed by atoms with E-state index in [9.17, 15) is 15.2 Å². The van der Waals surface area contributed by atoms with Crippen LogP contribution in [0.3, 0.4) is 0 Å². The molecule has 0 aliphatic carbocycles. The van der Waals surface area contributed by atoms with Gasteiger partial charge in [0.1, 0.15) is 23.1 Å². The largest absolute Gasteiger partial charge is 0.492 e. The van der Waals surface area contributed by atoms with Gasteiger partial charge in [0, 0.05) is 40.3 Å². The summed E-state index contributed by atoms with van der Waals surface area (Å²) in [4.78, 5) is 13.6. The average molecular weight is 909 g/mol. The van der Waals surface area contributed by atoms with Crippen LogP contribution >= 0.6 is 0 Å². The predicted molar refractivity (Wildman–Crippen MR) is 282 cm³/mol. The first-order valence-electron chi connectivity index (χ1n) is 25.4. The molecule has 0 spiro atoms. The molecule has 6 nitrogen and oxygen atoms in total. The molecule has 0 saturated heterocycles. The molecule has 0 saturated carbocycles. The van der Waals surface area contributed by atoms with Crippen LogP contribution in [0.1, 0.15) is 170 Å². The first-order chi connectivity index (χ1) is 33.5. The Balaban J connectivity index is 1.39. The van der Waals surface area contributed by atoms with Crippen LogP contribution in [0.5, 0.6) is 11.5 Å². The molecule has 0 heterocycles. The topological polar surface area (TPSA) is 82.8 Å². The van der Waals surface area contributed by atoms with Crippen LogP contribution in [-0.4, -0.2) is 24.3 Å². The van der Waals surface area contributed by atoms with Crippen molar-refractivity contribution in [3.8, 4) is 41.2 Å². The Morgan fingerprint density at radius 3 is 1.25 bits per heavy atom. The van der Waals surface area contributed by atoms with Crippen LogP contribution in [0, 0.1) is 35.0 Å². The molecule has 0 bridgehead atoms. The maximum absolute atomic E-state index is 11.4. The maximum Gasteiger partial charge on any atom is 0.346 e. The minimum atomic E-state index is -1.26. The van der Waals surface area contributed by atoms with E-state index in [1.165, 1.54) is 109 Å². The van der Waals surface area contributed by atoms with Crippen molar-refractivity contribution in [3.63, 3.8) is 0 Å². The van der Waals surface area contributed by atoms with Gasteiger partial charge in [-0.2, -0.15) is 5.26 Å². The third kappa shape index (κ3) is 18.9. The van der Waals surface area contributed by atoms with Gasteiger partial charge in [0.25, 0.3) is 0 Å². The number of carbonyl (C=O) groups is 1. The Labute approximate surface area is 408 Å². The highest BCUT2D eigenvalue weighted by Gasteiger charge is 2.14. The van der Waals surface area contributed by atoms with Crippen molar-refractivity contribution < 1.29 is 19.4 Å². The second kappa shape index (κ2) is 31.3. The number of nitrogens with zero attached hydrogens (tertiary/aromatic N) is 2. The van der Waals surface area contributed by atoms with Gasteiger partial charge in [-0.3, -0.25) is 0 Å². The van der Waals surface area contributed by atoms with Gasteiger partial charge >= 0.3 is 5.97 Å².